The molecule has 0 fully saturated rings. The number of aryl methyl sites for hydroxylation is 4. The zero-order valence-electron chi connectivity index (χ0n) is 24.1. The molecule has 0 saturated carbocycles. The Labute approximate surface area is 248 Å². The fourth-order valence-electron chi connectivity index (χ4n) is 4.32. The van der Waals surface area contributed by atoms with Crippen molar-refractivity contribution < 1.29 is 19.1 Å². The highest BCUT2D eigenvalue weighted by Gasteiger charge is 2.24. The van der Waals surface area contributed by atoms with Gasteiger partial charge in [-0.3, -0.25) is 9.36 Å². The standard InChI is InChI=1S/C31H34N4O4S2/c1-8-13-35-28(22(6)39-23-12-11-19(3)21(5)15-23)33-34-31(35)41-17-26(36)32-29-27(30(37)38-7)25(16-40-29)24-14-18(2)9-10-20(24)4/h8-12,14-16,22H,1,13,17H2,2-7H3,(H,32,36). The van der Waals surface area contributed by atoms with Crippen molar-refractivity contribution >= 4 is 40.0 Å². The van der Waals surface area contributed by atoms with Gasteiger partial charge in [0.2, 0.25) is 5.91 Å². The van der Waals surface area contributed by atoms with Gasteiger partial charge in [-0.1, -0.05) is 47.7 Å². The Kier molecular flexibility index (Phi) is 9.67. The van der Waals surface area contributed by atoms with Crippen molar-refractivity contribution in [2.75, 3.05) is 18.2 Å². The third-order valence-corrected chi connectivity index (χ3v) is 8.52. The Bertz CT molecular complexity index is 1590. The zero-order chi connectivity index (χ0) is 29.7. The third kappa shape index (κ3) is 6.89. The molecule has 41 heavy (non-hydrogen) atoms. The number of thiophene rings is 1. The molecule has 0 aliphatic rings. The molecule has 0 aliphatic heterocycles. The maximum absolute atomic E-state index is 13.0. The van der Waals surface area contributed by atoms with Gasteiger partial charge in [0.25, 0.3) is 0 Å². The van der Waals surface area contributed by atoms with E-state index in [1.54, 1.807) is 6.08 Å². The largest absolute Gasteiger partial charge is 0.483 e. The number of nitrogens with zero attached hydrogens (tertiary/aromatic N) is 3. The second-order valence-electron chi connectivity index (χ2n) is 9.75. The molecule has 4 aromatic rings. The van der Waals surface area contributed by atoms with E-state index in [2.05, 4.69) is 29.0 Å². The van der Waals surface area contributed by atoms with Crippen LogP contribution >= 0.6 is 23.1 Å². The van der Waals surface area contributed by atoms with E-state index in [1.165, 1.54) is 35.8 Å². The summed E-state index contributed by atoms with van der Waals surface area (Å²) < 4.78 is 13.1. The summed E-state index contributed by atoms with van der Waals surface area (Å²) >= 11 is 2.55. The smallest absolute Gasteiger partial charge is 0.341 e. The predicted molar refractivity (Wildman–Crippen MR) is 165 cm³/mol. The number of rotatable bonds is 11. The van der Waals surface area contributed by atoms with Gasteiger partial charge in [-0.25, -0.2) is 4.79 Å². The Morgan fingerprint density at radius 2 is 1.83 bits per heavy atom. The minimum atomic E-state index is -0.502. The van der Waals surface area contributed by atoms with E-state index in [0.717, 1.165) is 33.6 Å². The summed E-state index contributed by atoms with van der Waals surface area (Å²) in [4.78, 5) is 25.8. The number of anilines is 1. The van der Waals surface area contributed by atoms with Gasteiger partial charge in [0.15, 0.2) is 17.1 Å². The van der Waals surface area contributed by atoms with Gasteiger partial charge in [0.05, 0.1) is 12.9 Å². The van der Waals surface area contributed by atoms with Crippen molar-refractivity contribution in [3.8, 4) is 16.9 Å². The number of hydrogen-bond donors (Lipinski definition) is 1. The lowest BCUT2D eigenvalue weighted by molar-refractivity contribution is -0.113. The van der Waals surface area contributed by atoms with Gasteiger partial charge < -0.3 is 14.8 Å². The first-order valence-electron chi connectivity index (χ1n) is 13.1. The molecule has 214 valence electrons. The summed E-state index contributed by atoms with van der Waals surface area (Å²) in [6.45, 7) is 14.3. The molecule has 1 unspecified atom stereocenters. The number of carbonyl (C=O) groups excluding carboxylic acids is 2. The SMILES string of the molecule is C=CCn1c(SCC(=O)Nc2scc(-c3cc(C)ccc3C)c2C(=O)OC)nnc1C(C)Oc1ccc(C)c(C)c1. The minimum Gasteiger partial charge on any atom is -0.483 e. The van der Waals surface area contributed by atoms with Crippen molar-refractivity contribution in [3.63, 3.8) is 0 Å². The van der Waals surface area contributed by atoms with Crippen LogP contribution in [0.5, 0.6) is 5.75 Å². The minimum absolute atomic E-state index is 0.0684. The van der Waals surface area contributed by atoms with E-state index in [0.29, 0.717) is 28.1 Å². The molecule has 1 atom stereocenters. The molecule has 2 aromatic carbocycles. The number of thioether (sulfide) groups is 1. The molecule has 8 nitrogen and oxygen atoms in total. The second kappa shape index (κ2) is 13.2. The van der Waals surface area contributed by atoms with E-state index in [4.69, 9.17) is 9.47 Å². The Hall–Kier alpha value is -3.89. The number of carbonyl (C=O) groups is 2. The van der Waals surface area contributed by atoms with Crippen molar-refractivity contribution in [1.29, 1.82) is 0 Å². The molecule has 0 saturated heterocycles. The highest BCUT2D eigenvalue weighted by molar-refractivity contribution is 7.99. The first-order valence-corrected chi connectivity index (χ1v) is 15.0. The van der Waals surface area contributed by atoms with E-state index in [1.807, 2.05) is 74.0 Å². The summed E-state index contributed by atoms with van der Waals surface area (Å²) in [5.41, 5.74) is 6.45. The van der Waals surface area contributed by atoms with Crippen LogP contribution in [0.15, 0.2) is 59.6 Å². The van der Waals surface area contributed by atoms with E-state index in [9.17, 15) is 9.59 Å². The van der Waals surface area contributed by atoms with Crippen LogP contribution in [0.2, 0.25) is 0 Å². The molecule has 2 heterocycles. The zero-order valence-corrected chi connectivity index (χ0v) is 25.7. The van der Waals surface area contributed by atoms with E-state index in [-0.39, 0.29) is 17.8 Å². The van der Waals surface area contributed by atoms with Gasteiger partial charge in [0, 0.05) is 17.5 Å². The number of nitrogens with one attached hydrogen (secondary N) is 1. The van der Waals surface area contributed by atoms with Gasteiger partial charge in [0.1, 0.15) is 16.3 Å². The molecule has 0 radical (unpaired) electrons. The van der Waals surface area contributed by atoms with Crippen LogP contribution in [-0.4, -0.2) is 39.5 Å². The van der Waals surface area contributed by atoms with Gasteiger partial charge in [-0.05, 0) is 69.0 Å². The van der Waals surface area contributed by atoms with Crippen molar-refractivity contribution in [2.45, 2.75) is 52.4 Å². The van der Waals surface area contributed by atoms with Crippen LogP contribution in [0, 0.1) is 27.7 Å². The Morgan fingerprint density at radius 3 is 2.54 bits per heavy atom. The number of allylic oxidation sites excluding steroid dienone is 1. The molecule has 0 aliphatic carbocycles. The number of esters is 1. The summed E-state index contributed by atoms with van der Waals surface area (Å²) in [5.74, 6) is 0.677. The first-order chi connectivity index (χ1) is 19.6. The molecular weight excluding hydrogens is 556 g/mol. The average Bonchev–Trinajstić information content (AvgIpc) is 3.54. The number of aromatic nitrogens is 3. The number of amides is 1. The fraction of sp³-hybridized carbons (Fsp3) is 0.290. The van der Waals surface area contributed by atoms with Crippen LogP contribution in [0.25, 0.3) is 11.1 Å². The van der Waals surface area contributed by atoms with E-state index < -0.39 is 5.97 Å². The number of methoxy groups -OCH3 is 1. The fourth-order valence-corrected chi connectivity index (χ4v) is 6.04. The maximum atomic E-state index is 13.0. The van der Waals surface area contributed by atoms with Crippen LogP contribution in [-0.2, 0) is 16.1 Å². The number of benzene rings is 2. The lowest BCUT2D eigenvalue weighted by Crippen LogP contribution is -2.17. The van der Waals surface area contributed by atoms with Crippen LogP contribution in [0.1, 0.15) is 51.5 Å². The van der Waals surface area contributed by atoms with Gasteiger partial charge >= 0.3 is 5.97 Å². The van der Waals surface area contributed by atoms with Crippen molar-refractivity contribution in [1.82, 2.24) is 14.8 Å². The maximum Gasteiger partial charge on any atom is 0.341 e. The van der Waals surface area contributed by atoms with Crippen LogP contribution < -0.4 is 10.1 Å². The quantitative estimate of drug-likeness (QED) is 0.113. The van der Waals surface area contributed by atoms with Crippen LogP contribution in [0.4, 0.5) is 5.00 Å². The van der Waals surface area contributed by atoms with Crippen LogP contribution in [0.3, 0.4) is 0 Å². The lowest BCUT2D eigenvalue weighted by atomic mass is 9.97. The summed E-state index contributed by atoms with van der Waals surface area (Å²) in [6.07, 6.45) is 1.38. The normalized spacial score (nSPS) is 11.7. The monoisotopic (exact) mass is 590 g/mol. The first kappa shape index (κ1) is 30.1. The molecule has 10 heteroatoms. The molecule has 1 amide bonds. The summed E-state index contributed by atoms with van der Waals surface area (Å²) in [7, 11) is 1.34. The highest BCUT2D eigenvalue weighted by Crippen LogP contribution is 2.38. The Morgan fingerprint density at radius 1 is 1.07 bits per heavy atom. The topological polar surface area (TPSA) is 95.3 Å². The second-order valence-corrected chi connectivity index (χ2v) is 11.6. The van der Waals surface area contributed by atoms with Crippen molar-refractivity contribution in [2.24, 2.45) is 0 Å². The molecule has 0 spiro atoms. The molecule has 1 N–H and O–H groups in total. The van der Waals surface area contributed by atoms with Crippen molar-refractivity contribution in [3.05, 3.63) is 88.1 Å². The third-order valence-electron chi connectivity index (χ3n) is 6.66. The van der Waals surface area contributed by atoms with Gasteiger partial charge in [-0.15, -0.1) is 28.1 Å². The average molecular weight is 591 g/mol. The molecule has 4 rings (SSSR count). The summed E-state index contributed by atoms with van der Waals surface area (Å²) in [6, 6.07) is 12.0. The molecule has 0 bridgehead atoms. The molecule has 2 aromatic heterocycles. The number of ether oxygens (including phenoxy) is 2. The van der Waals surface area contributed by atoms with Gasteiger partial charge in [-0.2, -0.15) is 0 Å². The molecular formula is C31H34N4O4S2. The Balaban J connectivity index is 1.50. The summed E-state index contributed by atoms with van der Waals surface area (Å²) in [5, 5.41) is 14.5. The number of hydrogen-bond acceptors (Lipinski definition) is 8. The van der Waals surface area contributed by atoms with E-state index >= 15 is 0 Å². The lowest BCUT2D eigenvalue weighted by Gasteiger charge is -2.16. The predicted octanol–water partition coefficient (Wildman–Crippen LogP) is 7.08. The highest BCUT2D eigenvalue weighted by atomic mass is 32.2.